The zero-order valence-corrected chi connectivity index (χ0v) is 15.8. The van der Waals surface area contributed by atoms with Crippen LogP contribution >= 0.6 is 11.3 Å². The molecule has 1 aromatic heterocycles. The number of benzene rings is 1. The number of rotatable bonds is 5. The number of methoxy groups -OCH3 is 1. The highest BCUT2D eigenvalue weighted by molar-refractivity contribution is 7.15. The van der Waals surface area contributed by atoms with E-state index in [1.165, 1.54) is 43.8 Å². The van der Waals surface area contributed by atoms with Crippen molar-refractivity contribution in [2.75, 3.05) is 19.0 Å². The van der Waals surface area contributed by atoms with Crippen molar-refractivity contribution in [3.05, 3.63) is 46.5 Å². The molecule has 1 aliphatic rings. The van der Waals surface area contributed by atoms with Crippen molar-refractivity contribution in [2.45, 2.75) is 38.8 Å². The maximum Gasteiger partial charge on any atom is 0.337 e. The van der Waals surface area contributed by atoms with E-state index >= 15 is 0 Å². The predicted octanol–water partition coefficient (Wildman–Crippen LogP) is 3.56. The van der Waals surface area contributed by atoms with E-state index in [0.717, 1.165) is 18.0 Å². The van der Waals surface area contributed by atoms with E-state index in [2.05, 4.69) is 26.9 Å². The summed E-state index contributed by atoms with van der Waals surface area (Å²) >= 11 is 1.49. The Morgan fingerprint density at radius 3 is 2.92 bits per heavy atom. The van der Waals surface area contributed by atoms with E-state index in [1.54, 1.807) is 18.2 Å². The van der Waals surface area contributed by atoms with Crippen molar-refractivity contribution < 1.29 is 14.3 Å². The minimum atomic E-state index is -0.466. The summed E-state index contributed by atoms with van der Waals surface area (Å²) < 4.78 is 4.69. The van der Waals surface area contributed by atoms with Crippen molar-refractivity contribution in [1.82, 2.24) is 9.88 Å². The summed E-state index contributed by atoms with van der Waals surface area (Å²) in [6.07, 6.45) is 5.60. The summed E-state index contributed by atoms with van der Waals surface area (Å²) in [5.74, 6) is -0.755. The SMILES string of the molecule is COC(=O)c1cccc(C(=O)Nc2ncc(CN3CCCCC3C)s2)c1. The van der Waals surface area contributed by atoms with Crippen LogP contribution in [0.5, 0.6) is 0 Å². The zero-order valence-electron chi connectivity index (χ0n) is 15.0. The van der Waals surface area contributed by atoms with Gasteiger partial charge in [0, 0.05) is 29.2 Å². The number of ether oxygens (including phenoxy) is 1. The Hall–Kier alpha value is -2.25. The Morgan fingerprint density at radius 1 is 1.35 bits per heavy atom. The van der Waals surface area contributed by atoms with Gasteiger partial charge in [0.1, 0.15) is 0 Å². The number of esters is 1. The normalized spacial score (nSPS) is 17.7. The summed E-state index contributed by atoms with van der Waals surface area (Å²) in [6.45, 7) is 4.24. The van der Waals surface area contributed by atoms with Gasteiger partial charge < -0.3 is 4.74 Å². The number of amides is 1. The van der Waals surface area contributed by atoms with Crippen molar-refractivity contribution in [2.24, 2.45) is 0 Å². The predicted molar refractivity (Wildman–Crippen MR) is 102 cm³/mol. The molecule has 3 rings (SSSR count). The summed E-state index contributed by atoms with van der Waals surface area (Å²) in [4.78, 5) is 31.9. The van der Waals surface area contributed by atoms with E-state index in [0.29, 0.717) is 22.3 Å². The second kappa shape index (κ2) is 8.42. The zero-order chi connectivity index (χ0) is 18.5. The lowest BCUT2D eigenvalue weighted by atomic mass is 10.0. The van der Waals surface area contributed by atoms with Crippen LogP contribution in [0.15, 0.2) is 30.5 Å². The van der Waals surface area contributed by atoms with Gasteiger partial charge in [-0.2, -0.15) is 0 Å². The van der Waals surface area contributed by atoms with Gasteiger partial charge in [-0.3, -0.25) is 15.0 Å². The number of carbonyl (C=O) groups excluding carboxylic acids is 2. The van der Waals surface area contributed by atoms with E-state index in [-0.39, 0.29) is 5.91 Å². The molecular weight excluding hydrogens is 350 g/mol. The third-order valence-electron chi connectivity index (χ3n) is 4.62. The second-order valence-corrected chi connectivity index (χ2v) is 7.59. The lowest BCUT2D eigenvalue weighted by Gasteiger charge is -2.32. The topological polar surface area (TPSA) is 71.5 Å². The lowest BCUT2D eigenvalue weighted by molar-refractivity contribution is 0.0600. The van der Waals surface area contributed by atoms with Crippen LogP contribution in [0.3, 0.4) is 0 Å². The first-order valence-electron chi connectivity index (χ1n) is 8.75. The van der Waals surface area contributed by atoms with E-state index < -0.39 is 5.97 Å². The molecule has 6 nitrogen and oxygen atoms in total. The van der Waals surface area contributed by atoms with Gasteiger partial charge in [0.2, 0.25) is 0 Å². The van der Waals surface area contributed by atoms with Gasteiger partial charge in [-0.1, -0.05) is 12.5 Å². The molecule has 1 amide bonds. The molecule has 26 heavy (non-hydrogen) atoms. The van der Waals surface area contributed by atoms with Crippen LogP contribution in [-0.4, -0.2) is 41.5 Å². The second-order valence-electron chi connectivity index (χ2n) is 6.47. The molecule has 1 unspecified atom stereocenters. The number of nitrogens with one attached hydrogen (secondary N) is 1. The van der Waals surface area contributed by atoms with Gasteiger partial charge in [0.15, 0.2) is 5.13 Å². The highest BCUT2D eigenvalue weighted by Crippen LogP contribution is 2.24. The lowest BCUT2D eigenvalue weighted by Crippen LogP contribution is -2.36. The molecule has 1 N–H and O–H groups in total. The highest BCUT2D eigenvalue weighted by Gasteiger charge is 2.19. The number of likely N-dealkylation sites (tertiary alicyclic amines) is 1. The van der Waals surface area contributed by atoms with Crippen LogP contribution in [0.25, 0.3) is 0 Å². The molecule has 1 atom stereocenters. The first-order chi connectivity index (χ1) is 12.6. The highest BCUT2D eigenvalue weighted by atomic mass is 32.1. The quantitative estimate of drug-likeness (QED) is 0.812. The van der Waals surface area contributed by atoms with E-state index in [4.69, 9.17) is 0 Å². The fraction of sp³-hybridized carbons (Fsp3) is 0.421. The monoisotopic (exact) mass is 373 g/mol. The van der Waals surface area contributed by atoms with Crippen molar-refractivity contribution in [3.63, 3.8) is 0 Å². The first kappa shape index (κ1) is 18.5. The summed E-state index contributed by atoms with van der Waals surface area (Å²) in [5, 5.41) is 3.38. The van der Waals surface area contributed by atoms with E-state index in [9.17, 15) is 9.59 Å². The van der Waals surface area contributed by atoms with Crippen LogP contribution < -0.4 is 5.32 Å². The number of piperidine rings is 1. The van der Waals surface area contributed by atoms with Gasteiger partial charge >= 0.3 is 5.97 Å². The van der Waals surface area contributed by atoms with Gasteiger partial charge in [0.25, 0.3) is 5.91 Å². The molecule has 2 heterocycles. The minimum absolute atomic E-state index is 0.289. The standard InChI is InChI=1S/C19H23N3O3S/c1-13-6-3-4-9-22(13)12-16-11-20-19(26-16)21-17(23)14-7-5-8-15(10-14)18(24)25-2/h5,7-8,10-11,13H,3-4,6,9,12H2,1-2H3,(H,20,21,23). The number of thiazole rings is 1. The molecular formula is C19H23N3O3S. The van der Waals surface area contributed by atoms with Gasteiger partial charge in [-0.25, -0.2) is 9.78 Å². The third kappa shape index (κ3) is 4.47. The molecule has 1 aromatic carbocycles. The Balaban J connectivity index is 1.63. The van der Waals surface area contributed by atoms with Gasteiger partial charge in [0.05, 0.1) is 12.7 Å². The van der Waals surface area contributed by atoms with Crippen LogP contribution in [-0.2, 0) is 11.3 Å². The Kier molecular flexibility index (Phi) is 6.00. The van der Waals surface area contributed by atoms with Crippen molar-refractivity contribution >= 4 is 28.3 Å². The molecule has 1 aliphatic heterocycles. The largest absolute Gasteiger partial charge is 0.465 e. The molecule has 2 aromatic rings. The third-order valence-corrected chi connectivity index (χ3v) is 5.52. The molecule has 138 valence electrons. The van der Waals surface area contributed by atoms with Crippen molar-refractivity contribution in [3.8, 4) is 0 Å². The van der Waals surface area contributed by atoms with Crippen molar-refractivity contribution in [1.29, 1.82) is 0 Å². The van der Waals surface area contributed by atoms with Crippen LogP contribution in [0.1, 0.15) is 51.8 Å². The Labute approximate surface area is 157 Å². The average Bonchev–Trinajstić information content (AvgIpc) is 3.10. The Morgan fingerprint density at radius 2 is 2.15 bits per heavy atom. The number of aromatic nitrogens is 1. The molecule has 0 saturated carbocycles. The molecule has 0 bridgehead atoms. The smallest absolute Gasteiger partial charge is 0.337 e. The molecule has 0 spiro atoms. The summed E-state index contributed by atoms with van der Waals surface area (Å²) in [5.41, 5.74) is 0.744. The van der Waals surface area contributed by atoms with Crippen LogP contribution in [0.4, 0.5) is 5.13 Å². The maximum absolute atomic E-state index is 12.4. The number of hydrogen-bond donors (Lipinski definition) is 1. The molecule has 1 saturated heterocycles. The fourth-order valence-electron chi connectivity index (χ4n) is 3.11. The fourth-order valence-corrected chi connectivity index (χ4v) is 3.94. The number of hydrogen-bond acceptors (Lipinski definition) is 6. The molecule has 7 heteroatoms. The minimum Gasteiger partial charge on any atom is -0.465 e. The number of nitrogens with zero attached hydrogens (tertiary/aromatic N) is 2. The molecule has 1 fully saturated rings. The van der Waals surface area contributed by atoms with Crippen LogP contribution in [0.2, 0.25) is 0 Å². The maximum atomic E-state index is 12.4. The summed E-state index contributed by atoms with van der Waals surface area (Å²) in [7, 11) is 1.31. The molecule has 0 radical (unpaired) electrons. The summed E-state index contributed by atoms with van der Waals surface area (Å²) in [6, 6.07) is 7.04. The van der Waals surface area contributed by atoms with Gasteiger partial charge in [-0.05, 0) is 44.5 Å². The molecule has 0 aliphatic carbocycles. The van der Waals surface area contributed by atoms with Gasteiger partial charge in [-0.15, -0.1) is 11.3 Å². The van der Waals surface area contributed by atoms with Crippen LogP contribution in [0, 0.1) is 0 Å². The average molecular weight is 373 g/mol. The first-order valence-corrected chi connectivity index (χ1v) is 9.57. The Bertz CT molecular complexity index is 790. The van der Waals surface area contributed by atoms with E-state index in [1.807, 2.05) is 6.20 Å². The number of anilines is 1. The number of carbonyl (C=O) groups is 2.